The molecule has 1 saturated heterocycles. The molecule has 6 nitrogen and oxygen atoms in total. The van der Waals surface area contributed by atoms with Crippen molar-refractivity contribution in [2.45, 2.75) is 45.8 Å². The number of esters is 1. The zero-order valence-corrected chi connectivity index (χ0v) is 15.2. The second-order valence-corrected chi connectivity index (χ2v) is 6.84. The summed E-state index contributed by atoms with van der Waals surface area (Å²) in [7, 11) is 0. The number of hydrogen-bond donors (Lipinski definition) is 0. The summed E-state index contributed by atoms with van der Waals surface area (Å²) in [5.41, 5.74) is 1.24. The Morgan fingerprint density at radius 2 is 1.81 bits per heavy atom. The van der Waals surface area contributed by atoms with E-state index >= 15 is 0 Å². The minimum Gasteiger partial charge on any atom is -0.462 e. The molecule has 0 spiro atoms. The monoisotopic (exact) mass is 357 g/mol. The van der Waals surface area contributed by atoms with E-state index in [4.69, 9.17) is 9.47 Å². The molecule has 0 bridgehead atoms. The molecular formula is C20H23NO5. The summed E-state index contributed by atoms with van der Waals surface area (Å²) in [4.78, 5) is 37.0. The lowest BCUT2D eigenvalue weighted by Gasteiger charge is -2.41. The number of carbonyl (C=O) groups excluding carboxylic acids is 3. The molecule has 2 heterocycles. The van der Waals surface area contributed by atoms with Gasteiger partial charge in [-0.1, -0.05) is 0 Å². The quantitative estimate of drug-likeness (QED) is 0.445. The number of ether oxygens (including phenoxy) is 2. The van der Waals surface area contributed by atoms with Gasteiger partial charge in [0, 0.05) is 17.6 Å². The first-order chi connectivity index (χ1) is 12.4. The molecule has 2 unspecified atom stereocenters. The first-order valence-corrected chi connectivity index (χ1v) is 8.88. The van der Waals surface area contributed by atoms with Gasteiger partial charge in [-0.3, -0.25) is 9.59 Å². The van der Waals surface area contributed by atoms with Crippen LogP contribution in [0.5, 0.6) is 0 Å². The van der Waals surface area contributed by atoms with Gasteiger partial charge in [0.15, 0.2) is 0 Å². The number of benzene rings is 1. The van der Waals surface area contributed by atoms with E-state index in [1.54, 1.807) is 31.2 Å². The molecule has 0 radical (unpaired) electrons. The van der Waals surface area contributed by atoms with Gasteiger partial charge in [0.25, 0.3) is 11.8 Å². The Kier molecular flexibility index (Phi) is 5.23. The van der Waals surface area contributed by atoms with Crippen LogP contribution in [0.1, 0.15) is 44.0 Å². The van der Waals surface area contributed by atoms with Crippen molar-refractivity contribution in [2.75, 3.05) is 11.5 Å². The predicted octanol–water partition coefficient (Wildman–Crippen LogP) is 2.87. The molecule has 1 fully saturated rings. The van der Waals surface area contributed by atoms with Crippen LogP contribution in [0.2, 0.25) is 0 Å². The molecule has 26 heavy (non-hydrogen) atoms. The molecule has 2 aliphatic heterocycles. The van der Waals surface area contributed by atoms with E-state index in [0.29, 0.717) is 29.3 Å². The first-order valence-electron chi connectivity index (χ1n) is 8.88. The molecule has 0 aliphatic carbocycles. The van der Waals surface area contributed by atoms with Crippen molar-refractivity contribution in [2.24, 2.45) is 5.92 Å². The fourth-order valence-corrected chi connectivity index (χ4v) is 3.45. The first kappa shape index (κ1) is 18.3. The van der Waals surface area contributed by atoms with Crippen LogP contribution < -0.4 is 4.90 Å². The van der Waals surface area contributed by atoms with E-state index in [1.807, 2.05) is 0 Å². The Balaban J connectivity index is 1.50. The third kappa shape index (κ3) is 3.55. The van der Waals surface area contributed by atoms with Crippen LogP contribution in [0.4, 0.5) is 5.69 Å². The average molecular weight is 357 g/mol. The number of rotatable bonds is 6. The van der Waals surface area contributed by atoms with E-state index in [-0.39, 0.29) is 24.0 Å². The van der Waals surface area contributed by atoms with Gasteiger partial charge in [-0.2, -0.15) is 0 Å². The zero-order valence-electron chi connectivity index (χ0n) is 15.2. The number of imide groups is 1. The molecular weight excluding hydrogens is 334 g/mol. The fraction of sp³-hybridized carbons (Fsp3) is 0.450. The molecule has 0 aromatic heterocycles. The van der Waals surface area contributed by atoms with Crippen LogP contribution in [0, 0.1) is 5.92 Å². The number of hydrogen-bond acceptors (Lipinski definition) is 5. The summed E-state index contributed by atoms with van der Waals surface area (Å²) < 4.78 is 10.8. The standard InChI is InChI=1S/C20H23NO5/c1-12-11-18(22)21(19(12)23)16-8-6-15(7-9-16)20(24)25-10-4-5-17-13(2)26-14(17)3/h6-9,11,13-14,17H,4-5,10H2,1-3H3. The maximum atomic E-state index is 12.1. The van der Waals surface area contributed by atoms with Crippen molar-refractivity contribution in [1.82, 2.24) is 0 Å². The van der Waals surface area contributed by atoms with E-state index in [1.165, 1.54) is 6.08 Å². The van der Waals surface area contributed by atoms with Gasteiger partial charge >= 0.3 is 5.97 Å². The molecule has 0 N–H and O–H groups in total. The highest BCUT2D eigenvalue weighted by Gasteiger charge is 2.35. The zero-order chi connectivity index (χ0) is 18.8. The minimum absolute atomic E-state index is 0.280. The van der Waals surface area contributed by atoms with Gasteiger partial charge in [0.2, 0.25) is 0 Å². The molecule has 0 saturated carbocycles. The molecule has 3 rings (SSSR count). The van der Waals surface area contributed by atoms with Crippen LogP contribution >= 0.6 is 0 Å². The fourth-order valence-electron chi connectivity index (χ4n) is 3.45. The topological polar surface area (TPSA) is 72.9 Å². The van der Waals surface area contributed by atoms with Gasteiger partial charge in [-0.25, -0.2) is 9.69 Å². The van der Waals surface area contributed by atoms with Crippen LogP contribution in [0.3, 0.4) is 0 Å². The number of amides is 2. The van der Waals surface area contributed by atoms with Crippen molar-refractivity contribution in [3.63, 3.8) is 0 Å². The highest BCUT2D eigenvalue weighted by Crippen LogP contribution is 2.31. The van der Waals surface area contributed by atoms with Gasteiger partial charge in [0.1, 0.15) is 0 Å². The van der Waals surface area contributed by atoms with Crippen LogP contribution in [-0.4, -0.2) is 36.6 Å². The summed E-state index contributed by atoms with van der Waals surface area (Å²) in [6, 6.07) is 6.29. The van der Waals surface area contributed by atoms with Gasteiger partial charge in [-0.15, -0.1) is 0 Å². The minimum atomic E-state index is -0.407. The Morgan fingerprint density at radius 1 is 1.15 bits per heavy atom. The van der Waals surface area contributed by atoms with Crippen molar-refractivity contribution in [3.8, 4) is 0 Å². The van der Waals surface area contributed by atoms with Crippen molar-refractivity contribution < 1.29 is 23.9 Å². The predicted molar refractivity (Wildman–Crippen MR) is 95.7 cm³/mol. The molecule has 2 aliphatic rings. The lowest BCUT2D eigenvalue weighted by molar-refractivity contribution is -0.168. The van der Waals surface area contributed by atoms with Crippen molar-refractivity contribution in [3.05, 3.63) is 41.5 Å². The van der Waals surface area contributed by atoms with E-state index in [9.17, 15) is 14.4 Å². The lowest BCUT2D eigenvalue weighted by Crippen LogP contribution is -2.45. The largest absolute Gasteiger partial charge is 0.462 e. The number of carbonyl (C=O) groups is 3. The summed E-state index contributed by atoms with van der Waals surface area (Å²) in [6.07, 6.45) is 3.64. The van der Waals surface area contributed by atoms with Gasteiger partial charge < -0.3 is 9.47 Å². The second kappa shape index (κ2) is 7.41. The Morgan fingerprint density at radius 3 is 2.35 bits per heavy atom. The molecule has 2 amide bonds. The molecule has 2 atom stereocenters. The highest BCUT2D eigenvalue weighted by atomic mass is 16.5. The number of nitrogens with zero attached hydrogens (tertiary/aromatic N) is 1. The third-order valence-corrected chi connectivity index (χ3v) is 5.01. The Labute approximate surface area is 152 Å². The van der Waals surface area contributed by atoms with Crippen molar-refractivity contribution in [1.29, 1.82) is 0 Å². The second-order valence-electron chi connectivity index (χ2n) is 6.84. The maximum Gasteiger partial charge on any atom is 0.338 e. The smallest absolute Gasteiger partial charge is 0.338 e. The summed E-state index contributed by atoms with van der Waals surface area (Å²) in [5, 5.41) is 0. The molecule has 1 aromatic rings. The Bertz CT molecular complexity index is 744. The van der Waals surface area contributed by atoms with Gasteiger partial charge in [-0.05, 0) is 57.9 Å². The molecule has 138 valence electrons. The Hall–Kier alpha value is -2.47. The summed E-state index contributed by atoms with van der Waals surface area (Å²) >= 11 is 0. The summed E-state index contributed by atoms with van der Waals surface area (Å²) in [6.45, 7) is 6.09. The third-order valence-electron chi connectivity index (χ3n) is 5.01. The maximum absolute atomic E-state index is 12.1. The van der Waals surface area contributed by atoms with Crippen LogP contribution in [0.25, 0.3) is 0 Å². The van der Waals surface area contributed by atoms with E-state index in [0.717, 1.165) is 17.7 Å². The van der Waals surface area contributed by atoms with Crippen molar-refractivity contribution >= 4 is 23.5 Å². The van der Waals surface area contributed by atoms with E-state index < -0.39 is 5.97 Å². The SMILES string of the molecule is CC1=CC(=O)N(c2ccc(C(=O)OCCCC3C(C)OC3C)cc2)C1=O. The van der Waals surface area contributed by atoms with E-state index in [2.05, 4.69) is 13.8 Å². The van der Waals surface area contributed by atoms with Crippen LogP contribution in [0.15, 0.2) is 35.9 Å². The average Bonchev–Trinajstić information content (AvgIpc) is 2.86. The molecule has 1 aromatic carbocycles. The highest BCUT2D eigenvalue weighted by molar-refractivity contribution is 6.30. The summed E-state index contributed by atoms with van der Waals surface area (Å²) in [5.74, 6) is -0.587. The normalized spacial score (nSPS) is 25.1. The number of anilines is 1. The van der Waals surface area contributed by atoms with Gasteiger partial charge in [0.05, 0.1) is 30.1 Å². The lowest BCUT2D eigenvalue weighted by atomic mass is 9.87. The molecule has 6 heteroatoms. The van der Waals surface area contributed by atoms with Crippen LogP contribution in [-0.2, 0) is 19.1 Å².